The molecule has 0 aliphatic rings. The normalized spacial score (nSPS) is 12.8. The zero-order valence-corrected chi connectivity index (χ0v) is 12.9. The smallest absolute Gasteiger partial charge is 0.138 e. The molecule has 0 fully saturated rings. The van der Waals surface area contributed by atoms with E-state index in [4.69, 9.17) is 0 Å². The predicted molar refractivity (Wildman–Crippen MR) is 81.6 cm³/mol. The largest absolute Gasteiger partial charge is 0.319 e. The molecule has 1 aromatic heterocycles. The van der Waals surface area contributed by atoms with Crippen LogP contribution in [0.3, 0.4) is 0 Å². The lowest BCUT2D eigenvalue weighted by atomic mass is 9.94. The van der Waals surface area contributed by atoms with Crippen LogP contribution >= 0.6 is 0 Å². The van der Waals surface area contributed by atoms with Gasteiger partial charge in [0.25, 0.3) is 0 Å². The summed E-state index contributed by atoms with van der Waals surface area (Å²) >= 11 is 0. The number of benzene rings is 1. The first-order chi connectivity index (χ1) is 10.1. The van der Waals surface area contributed by atoms with Crippen molar-refractivity contribution in [3.63, 3.8) is 0 Å². The van der Waals surface area contributed by atoms with Crippen LogP contribution in [0.1, 0.15) is 31.2 Å². The van der Waals surface area contributed by atoms with Crippen molar-refractivity contribution >= 4 is 0 Å². The predicted octanol–water partition coefficient (Wildman–Crippen LogP) is 2.62. The third-order valence-electron chi connectivity index (χ3n) is 3.46. The average molecular weight is 290 g/mol. The van der Waals surface area contributed by atoms with Gasteiger partial charge in [-0.2, -0.15) is 5.10 Å². The number of rotatable bonds is 7. The van der Waals surface area contributed by atoms with Gasteiger partial charge in [0.1, 0.15) is 18.0 Å². The standard InChI is InChI=1S/C16H23FN4/c1-12(2)10-21-16(19-11-20-21)8-13(9-18-3)14-6-4-5-7-15(14)17/h4-7,11-13,18H,8-10H2,1-3H3. The molecule has 114 valence electrons. The molecule has 2 aromatic rings. The molecular formula is C16H23FN4. The van der Waals surface area contributed by atoms with Crippen molar-refractivity contribution in [1.29, 1.82) is 0 Å². The number of aromatic nitrogens is 3. The van der Waals surface area contributed by atoms with Crippen molar-refractivity contribution in [1.82, 2.24) is 20.1 Å². The zero-order chi connectivity index (χ0) is 15.2. The lowest BCUT2D eigenvalue weighted by molar-refractivity contribution is 0.453. The summed E-state index contributed by atoms with van der Waals surface area (Å²) in [6, 6.07) is 6.95. The van der Waals surface area contributed by atoms with Crippen LogP contribution in [0.15, 0.2) is 30.6 Å². The fourth-order valence-electron chi connectivity index (χ4n) is 2.51. The van der Waals surface area contributed by atoms with Crippen LogP contribution in [-0.4, -0.2) is 28.4 Å². The molecule has 1 N–H and O–H groups in total. The topological polar surface area (TPSA) is 42.7 Å². The molecule has 5 heteroatoms. The molecule has 21 heavy (non-hydrogen) atoms. The van der Waals surface area contributed by atoms with Crippen molar-refractivity contribution in [2.45, 2.75) is 32.7 Å². The Morgan fingerprint density at radius 1 is 1.29 bits per heavy atom. The zero-order valence-electron chi connectivity index (χ0n) is 12.9. The van der Waals surface area contributed by atoms with Crippen LogP contribution in [0.2, 0.25) is 0 Å². The van der Waals surface area contributed by atoms with Crippen molar-refractivity contribution in [2.75, 3.05) is 13.6 Å². The molecule has 0 aliphatic heterocycles. The molecule has 0 saturated carbocycles. The van der Waals surface area contributed by atoms with Crippen LogP contribution in [0, 0.1) is 11.7 Å². The third kappa shape index (κ3) is 4.11. The number of nitrogens with zero attached hydrogens (tertiary/aromatic N) is 3. The number of hydrogen-bond donors (Lipinski definition) is 1. The van der Waals surface area contributed by atoms with E-state index in [9.17, 15) is 4.39 Å². The Bertz CT molecular complexity index is 565. The van der Waals surface area contributed by atoms with Crippen LogP contribution in [0.4, 0.5) is 4.39 Å². The fourth-order valence-corrected chi connectivity index (χ4v) is 2.51. The summed E-state index contributed by atoms with van der Waals surface area (Å²) in [5, 5.41) is 7.42. The minimum absolute atomic E-state index is 0.0475. The quantitative estimate of drug-likeness (QED) is 0.852. The van der Waals surface area contributed by atoms with Gasteiger partial charge in [-0.1, -0.05) is 32.0 Å². The van der Waals surface area contributed by atoms with Gasteiger partial charge < -0.3 is 5.32 Å². The Balaban J connectivity index is 2.21. The van der Waals surface area contributed by atoms with E-state index in [-0.39, 0.29) is 11.7 Å². The van der Waals surface area contributed by atoms with Crippen molar-refractivity contribution < 1.29 is 4.39 Å². The van der Waals surface area contributed by atoms with Gasteiger partial charge in [0.15, 0.2) is 0 Å². The van der Waals surface area contributed by atoms with E-state index in [0.717, 1.165) is 17.9 Å². The highest BCUT2D eigenvalue weighted by atomic mass is 19.1. The molecule has 0 spiro atoms. The summed E-state index contributed by atoms with van der Waals surface area (Å²) in [6.07, 6.45) is 2.25. The minimum atomic E-state index is -0.160. The van der Waals surface area contributed by atoms with Gasteiger partial charge >= 0.3 is 0 Å². The molecule has 1 unspecified atom stereocenters. The number of likely N-dealkylation sites (N-methyl/N-ethyl adjacent to an activating group) is 1. The molecule has 0 bridgehead atoms. The van der Waals surface area contributed by atoms with E-state index in [0.29, 0.717) is 18.9 Å². The first-order valence-electron chi connectivity index (χ1n) is 7.37. The molecular weight excluding hydrogens is 267 g/mol. The highest BCUT2D eigenvalue weighted by Gasteiger charge is 2.18. The summed E-state index contributed by atoms with van der Waals surface area (Å²) in [5.41, 5.74) is 0.728. The second-order valence-electron chi connectivity index (χ2n) is 5.73. The Kier molecular flexibility index (Phi) is 5.44. The molecule has 1 heterocycles. The van der Waals surface area contributed by atoms with Crippen LogP contribution in [-0.2, 0) is 13.0 Å². The first kappa shape index (κ1) is 15.6. The van der Waals surface area contributed by atoms with Gasteiger partial charge in [-0.3, -0.25) is 0 Å². The van der Waals surface area contributed by atoms with Gasteiger partial charge in [-0.25, -0.2) is 14.1 Å². The summed E-state index contributed by atoms with van der Waals surface area (Å²) < 4.78 is 16.0. The molecule has 0 saturated heterocycles. The number of halogens is 1. The molecule has 2 rings (SSSR count). The molecule has 1 aromatic carbocycles. The Hall–Kier alpha value is -1.75. The molecule has 0 amide bonds. The summed E-state index contributed by atoms with van der Waals surface area (Å²) in [5.74, 6) is 1.30. The van der Waals surface area contributed by atoms with Crippen LogP contribution < -0.4 is 5.32 Å². The Morgan fingerprint density at radius 2 is 2.05 bits per heavy atom. The summed E-state index contributed by atoms with van der Waals surface area (Å²) in [7, 11) is 1.88. The Morgan fingerprint density at radius 3 is 2.71 bits per heavy atom. The molecule has 4 nitrogen and oxygen atoms in total. The van der Waals surface area contributed by atoms with Crippen molar-refractivity contribution in [3.8, 4) is 0 Å². The molecule has 0 radical (unpaired) electrons. The second-order valence-corrected chi connectivity index (χ2v) is 5.73. The highest BCUT2D eigenvalue weighted by molar-refractivity contribution is 5.23. The maximum Gasteiger partial charge on any atom is 0.138 e. The third-order valence-corrected chi connectivity index (χ3v) is 3.46. The number of nitrogens with one attached hydrogen (secondary N) is 1. The fraction of sp³-hybridized carbons (Fsp3) is 0.500. The van der Waals surface area contributed by atoms with Gasteiger partial charge in [0, 0.05) is 25.4 Å². The van der Waals surface area contributed by atoms with E-state index >= 15 is 0 Å². The van der Waals surface area contributed by atoms with E-state index in [1.54, 1.807) is 12.4 Å². The SMILES string of the molecule is CNCC(Cc1ncnn1CC(C)C)c1ccccc1F. The lowest BCUT2D eigenvalue weighted by Gasteiger charge is -2.18. The van der Waals surface area contributed by atoms with Crippen LogP contribution in [0.5, 0.6) is 0 Å². The molecule has 1 atom stereocenters. The van der Waals surface area contributed by atoms with Gasteiger partial charge in [0.05, 0.1) is 0 Å². The monoisotopic (exact) mass is 290 g/mol. The summed E-state index contributed by atoms with van der Waals surface area (Å²) in [4.78, 5) is 4.35. The van der Waals surface area contributed by atoms with E-state index in [1.807, 2.05) is 23.9 Å². The average Bonchev–Trinajstić information content (AvgIpc) is 2.85. The van der Waals surface area contributed by atoms with E-state index in [2.05, 4.69) is 29.2 Å². The van der Waals surface area contributed by atoms with Crippen LogP contribution in [0.25, 0.3) is 0 Å². The lowest BCUT2D eigenvalue weighted by Crippen LogP contribution is -2.22. The van der Waals surface area contributed by atoms with Gasteiger partial charge in [0.2, 0.25) is 0 Å². The van der Waals surface area contributed by atoms with Gasteiger partial charge in [-0.15, -0.1) is 0 Å². The highest BCUT2D eigenvalue weighted by Crippen LogP contribution is 2.22. The molecule has 0 aliphatic carbocycles. The maximum atomic E-state index is 14.0. The Labute approximate surface area is 125 Å². The second kappa shape index (κ2) is 7.31. The van der Waals surface area contributed by atoms with E-state index < -0.39 is 0 Å². The van der Waals surface area contributed by atoms with Crippen molar-refractivity contribution in [2.24, 2.45) is 5.92 Å². The van der Waals surface area contributed by atoms with E-state index in [1.165, 1.54) is 6.07 Å². The minimum Gasteiger partial charge on any atom is -0.319 e. The number of hydrogen-bond acceptors (Lipinski definition) is 3. The first-order valence-corrected chi connectivity index (χ1v) is 7.37. The van der Waals surface area contributed by atoms with Gasteiger partial charge in [-0.05, 0) is 24.6 Å². The summed E-state index contributed by atoms with van der Waals surface area (Å²) in [6.45, 7) is 5.83. The van der Waals surface area contributed by atoms with Crippen molar-refractivity contribution in [3.05, 3.63) is 47.8 Å². The maximum absolute atomic E-state index is 14.0.